The molecule has 1 N–H and O–H groups in total. The van der Waals surface area contributed by atoms with Gasteiger partial charge in [0.1, 0.15) is 18.8 Å². The third-order valence-corrected chi connectivity index (χ3v) is 3.75. The Balaban J connectivity index is 3.22. The Hall–Kier alpha value is -1.72. The van der Waals surface area contributed by atoms with Crippen LogP contribution in [0.4, 0.5) is 0 Å². The maximum Gasteiger partial charge on any atom is 0.303 e. The number of hydrogen-bond donors (Lipinski definition) is 1. The van der Waals surface area contributed by atoms with Crippen LogP contribution < -0.4 is 5.32 Å². The second-order valence-corrected chi connectivity index (χ2v) is 6.57. The quantitative estimate of drug-likeness (QED) is 0.308. The highest BCUT2D eigenvalue weighted by Crippen LogP contribution is 2.28. The molecular weight excluding hydrogens is 430 g/mol. The number of esters is 3. The van der Waals surface area contributed by atoms with Gasteiger partial charge >= 0.3 is 17.9 Å². The minimum Gasteiger partial charge on any atom is -0.463 e. The predicted molar refractivity (Wildman–Crippen MR) is 93.8 cm³/mol. The summed E-state index contributed by atoms with van der Waals surface area (Å²) in [5.41, 5.74) is 0. The number of halogens is 1. The van der Waals surface area contributed by atoms with Crippen molar-refractivity contribution in [1.82, 2.24) is 5.32 Å². The molecule has 1 rings (SSSR count). The molecule has 1 saturated heterocycles. The average molecular weight is 454 g/mol. The Morgan fingerprint density at radius 3 is 2.04 bits per heavy atom. The van der Waals surface area contributed by atoms with Crippen molar-refractivity contribution in [2.75, 3.05) is 18.5 Å². The first-order chi connectivity index (χ1) is 12.6. The fourth-order valence-electron chi connectivity index (χ4n) is 2.59. The molecule has 1 fully saturated rings. The van der Waals surface area contributed by atoms with Crippen LogP contribution in [0, 0.1) is 0 Å². The number of carbonyl (C=O) groups excluding carboxylic acids is 4. The summed E-state index contributed by atoms with van der Waals surface area (Å²) in [5, 5.41) is 3.09. The maximum atomic E-state index is 11.6. The molecular formula is C16H24BrNO9. The van der Waals surface area contributed by atoms with Gasteiger partial charge in [0.2, 0.25) is 5.91 Å². The summed E-state index contributed by atoms with van der Waals surface area (Å²) in [5.74, 6) is -2.30. The van der Waals surface area contributed by atoms with Crippen molar-refractivity contribution in [2.45, 2.75) is 58.3 Å². The molecule has 1 heterocycles. The molecule has 0 bridgehead atoms. The van der Waals surface area contributed by atoms with Gasteiger partial charge < -0.3 is 29.0 Å². The zero-order valence-corrected chi connectivity index (χ0v) is 17.1. The summed E-state index contributed by atoms with van der Waals surface area (Å²) < 4.78 is 26.9. The number of rotatable bonds is 8. The first kappa shape index (κ1) is 23.3. The van der Waals surface area contributed by atoms with E-state index in [0.717, 1.165) is 0 Å². The van der Waals surface area contributed by atoms with Crippen LogP contribution in [0.15, 0.2) is 0 Å². The Morgan fingerprint density at radius 2 is 1.56 bits per heavy atom. The predicted octanol–water partition coefficient (Wildman–Crippen LogP) is 0.0540. The van der Waals surface area contributed by atoms with Crippen LogP contribution in [0.25, 0.3) is 0 Å². The van der Waals surface area contributed by atoms with E-state index in [1.54, 1.807) is 0 Å². The lowest BCUT2D eigenvalue weighted by atomic mass is 9.96. The van der Waals surface area contributed by atoms with Gasteiger partial charge in [-0.15, -0.1) is 0 Å². The highest BCUT2D eigenvalue weighted by atomic mass is 79.9. The van der Waals surface area contributed by atoms with E-state index in [-0.39, 0.29) is 13.2 Å². The van der Waals surface area contributed by atoms with Gasteiger partial charge in [0.25, 0.3) is 0 Å². The summed E-state index contributed by atoms with van der Waals surface area (Å²) in [6.07, 6.45) is -4.22. The molecule has 0 aliphatic carbocycles. The van der Waals surface area contributed by atoms with Crippen molar-refractivity contribution in [3.05, 3.63) is 0 Å². The van der Waals surface area contributed by atoms with Crippen molar-refractivity contribution in [3.8, 4) is 0 Å². The van der Waals surface area contributed by atoms with E-state index in [2.05, 4.69) is 21.2 Å². The van der Waals surface area contributed by atoms with Crippen LogP contribution in [-0.2, 0) is 42.9 Å². The summed E-state index contributed by atoms with van der Waals surface area (Å²) >= 11 is 3.22. The van der Waals surface area contributed by atoms with Crippen molar-refractivity contribution in [1.29, 1.82) is 0 Å². The van der Waals surface area contributed by atoms with Gasteiger partial charge in [0, 0.05) is 33.0 Å². The van der Waals surface area contributed by atoms with Crippen molar-refractivity contribution < 1.29 is 42.9 Å². The molecule has 27 heavy (non-hydrogen) atoms. The average Bonchev–Trinajstić information content (AvgIpc) is 2.54. The topological polar surface area (TPSA) is 126 Å². The summed E-state index contributed by atoms with van der Waals surface area (Å²) in [7, 11) is 0. The minimum atomic E-state index is -1.12. The van der Waals surface area contributed by atoms with Gasteiger partial charge in [-0.1, -0.05) is 15.9 Å². The van der Waals surface area contributed by atoms with Crippen molar-refractivity contribution in [3.63, 3.8) is 0 Å². The Kier molecular flexibility index (Phi) is 9.67. The fraction of sp³-hybridized carbons (Fsp3) is 0.750. The summed E-state index contributed by atoms with van der Waals surface area (Å²) in [6.45, 7) is 4.82. The molecule has 1 aliphatic heterocycles. The van der Waals surface area contributed by atoms with E-state index < -0.39 is 54.5 Å². The molecule has 0 spiro atoms. The Morgan fingerprint density at radius 1 is 0.963 bits per heavy atom. The minimum absolute atomic E-state index is 0.228. The van der Waals surface area contributed by atoms with Crippen LogP contribution in [0.2, 0.25) is 0 Å². The van der Waals surface area contributed by atoms with Gasteiger partial charge in [0.05, 0.1) is 6.61 Å². The Bertz CT molecular complexity index is 556. The van der Waals surface area contributed by atoms with Gasteiger partial charge in [-0.3, -0.25) is 19.2 Å². The van der Waals surface area contributed by atoms with Gasteiger partial charge in [-0.05, 0) is 0 Å². The summed E-state index contributed by atoms with van der Waals surface area (Å²) in [6, 6.07) is -0.941. The summed E-state index contributed by atoms with van der Waals surface area (Å²) in [4.78, 5) is 46.0. The van der Waals surface area contributed by atoms with E-state index in [1.165, 1.54) is 27.7 Å². The highest BCUT2D eigenvalue weighted by Gasteiger charge is 2.51. The molecule has 11 heteroatoms. The molecule has 0 saturated carbocycles. The zero-order chi connectivity index (χ0) is 20.6. The highest BCUT2D eigenvalue weighted by molar-refractivity contribution is 9.09. The number of nitrogens with one attached hydrogen (secondary N) is 1. The molecule has 0 radical (unpaired) electrons. The SMILES string of the molecule is CC(=O)N[C@@H]1[C@@H](OCCBr)O[C@H](COC(C)=O)[C@@H](OC(C)=O)[C@@H]1OC(C)=O. The fourth-order valence-corrected chi connectivity index (χ4v) is 2.78. The largest absolute Gasteiger partial charge is 0.463 e. The molecule has 0 unspecified atom stereocenters. The first-order valence-corrected chi connectivity index (χ1v) is 9.35. The van der Waals surface area contributed by atoms with Gasteiger partial charge in [-0.2, -0.15) is 0 Å². The smallest absolute Gasteiger partial charge is 0.303 e. The maximum absolute atomic E-state index is 11.6. The van der Waals surface area contributed by atoms with E-state index >= 15 is 0 Å². The number of hydrogen-bond acceptors (Lipinski definition) is 9. The zero-order valence-electron chi connectivity index (χ0n) is 15.6. The van der Waals surface area contributed by atoms with Crippen LogP contribution >= 0.6 is 15.9 Å². The molecule has 154 valence electrons. The van der Waals surface area contributed by atoms with E-state index in [0.29, 0.717) is 5.33 Å². The molecule has 1 aliphatic rings. The number of ether oxygens (including phenoxy) is 5. The van der Waals surface area contributed by atoms with Crippen LogP contribution in [0.3, 0.4) is 0 Å². The van der Waals surface area contributed by atoms with E-state index in [1.807, 2.05) is 0 Å². The lowest BCUT2D eigenvalue weighted by molar-refractivity contribution is -0.276. The number of amides is 1. The normalized spacial score (nSPS) is 27.4. The van der Waals surface area contributed by atoms with Crippen LogP contribution in [-0.4, -0.2) is 73.0 Å². The first-order valence-electron chi connectivity index (χ1n) is 8.23. The number of alkyl halides is 1. The lowest BCUT2D eigenvalue weighted by Crippen LogP contribution is -2.66. The van der Waals surface area contributed by atoms with Crippen LogP contribution in [0.1, 0.15) is 27.7 Å². The molecule has 10 nitrogen and oxygen atoms in total. The third kappa shape index (κ3) is 7.81. The third-order valence-electron chi connectivity index (χ3n) is 3.43. The van der Waals surface area contributed by atoms with Crippen molar-refractivity contribution >= 4 is 39.7 Å². The van der Waals surface area contributed by atoms with Gasteiger partial charge in [0.15, 0.2) is 18.5 Å². The van der Waals surface area contributed by atoms with E-state index in [4.69, 9.17) is 23.7 Å². The second-order valence-electron chi connectivity index (χ2n) is 5.78. The molecule has 0 aromatic carbocycles. The standard InChI is InChI=1S/C16H24BrNO9/c1-8(19)18-13-15(26-11(4)22)14(25-10(3)21)12(7-24-9(2)20)27-16(13)23-6-5-17/h12-16H,5-7H2,1-4H3,(H,18,19)/t12-,13+,14-,15-,16+/m1/s1. The second kappa shape index (κ2) is 11.2. The molecule has 0 aromatic heterocycles. The van der Waals surface area contributed by atoms with Crippen molar-refractivity contribution in [2.24, 2.45) is 0 Å². The van der Waals surface area contributed by atoms with E-state index in [9.17, 15) is 19.2 Å². The van der Waals surface area contributed by atoms with Gasteiger partial charge in [-0.25, -0.2) is 0 Å². The molecule has 1 amide bonds. The number of carbonyl (C=O) groups is 4. The monoisotopic (exact) mass is 453 g/mol. The lowest BCUT2D eigenvalue weighted by Gasteiger charge is -2.44. The molecule has 0 aromatic rings. The van der Waals surface area contributed by atoms with Crippen LogP contribution in [0.5, 0.6) is 0 Å². The molecule has 5 atom stereocenters. The Labute approximate surface area is 165 Å².